The quantitative estimate of drug-likeness (QED) is 0.771. The van der Waals surface area contributed by atoms with Crippen molar-refractivity contribution in [3.8, 4) is 0 Å². The predicted molar refractivity (Wildman–Crippen MR) is 117 cm³/mol. The number of aryl methyl sites for hydroxylation is 2. The van der Waals surface area contributed by atoms with Crippen molar-refractivity contribution in [1.82, 2.24) is 0 Å². The van der Waals surface area contributed by atoms with Gasteiger partial charge in [-0.3, -0.25) is 9.59 Å². The zero-order chi connectivity index (χ0) is 20.8. The topological polar surface area (TPSA) is 52.6 Å². The summed E-state index contributed by atoms with van der Waals surface area (Å²) in [5.74, 6) is -0.370. The van der Waals surface area contributed by atoms with E-state index < -0.39 is 0 Å². The summed E-state index contributed by atoms with van der Waals surface area (Å²) in [6.07, 6.45) is 0. The molecule has 0 fully saturated rings. The summed E-state index contributed by atoms with van der Waals surface area (Å²) in [5.41, 5.74) is 5.78. The Labute approximate surface area is 168 Å². The molecule has 0 aliphatic rings. The molecule has 28 heavy (non-hydrogen) atoms. The van der Waals surface area contributed by atoms with Crippen LogP contribution in [0.25, 0.3) is 0 Å². The highest BCUT2D eigenvalue weighted by Crippen LogP contribution is 2.26. The van der Waals surface area contributed by atoms with Gasteiger partial charge in [0.1, 0.15) is 6.54 Å². The van der Waals surface area contributed by atoms with Crippen molar-refractivity contribution in [2.75, 3.05) is 34.8 Å². The van der Waals surface area contributed by atoms with Crippen molar-refractivity contribution in [3.05, 3.63) is 53.1 Å². The fraction of sp³-hybridized carbons (Fsp3) is 0.391. The number of rotatable bonds is 7. The molecule has 0 saturated heterocycles. The van der Waals surface area contributed by atoms with Gasteiger partial charge in [0.15, 0.2) is 0 Å². The van der Waals surface area contributed by atoms with Crippen LogP contribution in [-0.2, 0) is 9.59 Å². The third-order valence-electron chi connectivity index (χ3n) is 5.16. The van der Waals surface area contributed by atoms with E-state index in [0.717, 1.165) is 46.8 Å². The molecule has 5 nitrogen and oxygen atoms in total. The molecule has 0 bridgehead atoms. The van der Waals surface area contributed by atoms with Gasteiger partial charge in [-0.2, -0.15) is 0 Å². The molecule has 0 radical (unpaired) electrons. The van der Waals surface area contributed by atoms with Gasteiger partial charge in [0.2, 0.25) is 11.8 Å². The Bertz CT molecular complexity index is 857. The van der Waals surface area contributed by atoms with E-state index in [1.807, 2.05) is 51.1 Å². The first-order chi connectivity index (χ1) is 13.3. The van der Waals surface area contributed by atoms with E-state index in [1.54, 1.807) is 0 Å². The van der Waals surface area contributed by atoms with Gasteiger partial charge < -0.3 is 15.1 Å². The van der Waals surface area contributed by atoms with Crippen molar-refractivity contribution in [3.63, 3.8) is 0 Å². The third kappa shape index (κ3) is 4.91. The number of hydrogen-bond acceptors (Lipinski definition) is 3. The van der Waals surface area contributed by atoms with Gasteiger partial charge in [-0.05, 0) is 75.6 Å². The minimum absolute atomic E-state index is 0.0197. The first-order valence-electron chi connectivity index (χ1n) is 9.78. The zero-order valence-corrected chi connectivity index (χ0v) is 17.8. The molecule has 2 aromatic carbocycles. The molecule has 0 aliphatic heterocycles. The molecule has 1 N–H and O–H groups in total. The SMILES string of the molecule is CCN(CC)c1ccc(N(CC(=O)Nc2cccc(C)c2C)C(C)=O)c(C)c1. The summed E-state index contributed by atoms with van der Waals surface area (Å²) >= 11 is 0. The monoisotopic (exact) mass is 381 g/mol. The van der Waals surface area contributed by atoms with Gasteiger partial charge in [0.05, 0.1) is 0 Å². The minimum atomic E-state index is -0.212. The Kier molecular flexibility index (Phi) is 7.21. The van der Waals surface area contributed by atoms with Crippen LogP contribution >= 0.6 is 0 Å². The summed E-state index contributed by atoms with van der Waals surface area (Å²) in [6.45, 7) is 13.5. The number of nitrogens with zero attached hydrogens (tertiary/aromatic N) is 2. The molecule has 0 aromatic heterocycles. The van der Waals surface area contributed by atoms with Gasteiger partial charge in [0.25, 0.3) is 0 Å². The number of carbonyl (C=O) groups is 2. The first kappa shape index (κ1) is 21.5. The van der Waals surface area contributed by atoms with E-state index in [2.05, 4.69) is 30.1 Å². The van der Waals surface area contributed by atoms with Crippen LogP contribution in [0, 0.1) is 20.8 Å². The molecule has 2 rings (SSSR count). The maximum atomic E-state index is 12.6. The van der Waals surface area contributed by atoms with E-state index in [9.17, 15) is 9.59 Å². The number of hydrogen-bond donors (Lipinski definition) is 1. The van der Waals surface area contributed by atoms with Crippen LogP contribution in [0.15, 0.2) is 36.4 Å². The molecular weight excluding hydrogens is 350 g/mol. The Hall–Kier alpha value is -2.82. The Morgan fingerprint density at radius 3 is 2.21 bits per heavy atom. The molecule has 0 saturated carbocycles. The van der Waals surface area contributed by atoms with Gasteiger partial charge in [-0.15, -0.1) is 0 Å². The van der Waals surface area contributed by atoms with Crippen LogP contribution in [0.1, 0.15) is 37.5 Å². The Balaban J connectivity index is 2.22. The molecule has 5 heteroatoms. The number of anilines is 3. The van der Waals surface area contributed by atoms with E-state index in [-0.39, 0.29) is 18.4 Å². The van der Waals surface area contributed by atoms with Gasteiger partial charge >= 0.3 is 0 Å². The average Bonchev–Trinajstić information content (AvgIpc) is 2.65. The summed E-state index contributed by atoms with van der Waals surface area (Å²) < 4.78 is 0. The molecule has 150 valence electrons. The number of carbonyl (C=O) groups excluding carboxylic acids is 2. The number of nitrogens with one attached hydrogen (secondary N) is 1. The summed E-state index contributed by atoms with van der Waals surface area (Å²) in [4.78, 5) is 28.7. The Morgan fingerprint density at radius 2 is 1.64 bits per heavy atom. The lowest BCUT2D eigenvalue weighted by molar-refractivity contribution is -0.120. The van der Waals surface area contributed by atoms with Gasteiger partial charge in [-0.1, -0.05) is 12.1 Å². The van der Waals surface area contributed by atoms with Crippen molar-refractivity contribution >= 4 is 28.9 Å². The molecule has 2 aromatic rings. The highest BCUT2D eigenvalue weighted by Gasteiger charge is 2.19. The van der Waals surface area contributed by atoms with Gasteiger partial charge in [0, 0.05) is 37.1 Å². The minimum Gasteiger partial charge on any atom is -0.372 e. The molecule has 0 unspecified atom stereocenters. The van der Waals surface area contributed by atoms with Crippen LogP contribution in [0.2, 0.25) is 0 Å². The molecule has 0 aliphatic carbocycles. The van der Waals surface area contributed by atoms with Crippen LogP contribution in [0.4, 0.5) is 17.1 Å². The first-order valence-corrected chi connectivity index (χ1v) is 9.78. The predicted octanol–water partition coefficient (Wildman–Crippen LogP) is 4.45. The summed E-state index contributed by atoms with van der Waals surface area (Å²) in [7, 11) is 0. The highest BCUT2D eigenvalue weighted by molar-refractivity contribution is 6.02. The Morgan fingerprint density at radius 1 is 0.964 bits per heavy atom. The lowest BCUT2D eigenvalue weighted by Crippen LogP contribution is -2.37. The largest absolute Gasteiger partial charge is 0.372 e. The fourth-order valence-electron chi connectivity index (χ4n) is 3.31. The maximum Gasteiger partial charge on any atom is 0.244 e. The molecule has 0 spiro atoms. The van der Waals surface area contributed by atoms with E-state index >= 15 is 0 Å². The highest BCUT2D eigenvalue weighted by atomic mass is 16.2. The second-order valence-corrected chi connectivity index (χ2v) is 7.04. The molecular formula is C23H31N3O2. The molecule has 0 atom stereocenters. The number of amides is 2. The van der Waals surface area contributed by atoms with Crippen molar-refractivity contribution < 1.29 is 9.59 Å². The summed E-state index contributed by atoms with van der Waals surface area (Å²) in [5, 5.41) is 2.93. The maximum absolute atomic E-state index is 12.6. The van der Waals surface area contributed by atoms with Crippen molar-refractivity contribution in [2.45, 2.75) is 41.5 Å². The summed E-state index contributed by atoms with van der Waals surface area (Å²) in [6, 6.07) is 11.8. The second kappa shape index (κ2) is 9.40. The second-order valence-electron chi connectivity index (χ2n) is 7.04. The van der Waals surface area contributed by atoms with E-state index in [1.165, 1.54) is 11.8 Å². The zero-order valence-electron chi connectivity index (χ0n) is 17.8. The fourth-order valence-corrected chi connectivity index (χ4v) is 3.31. The van der Waals surface area contributed by atoms with Crippen molar-refractivity contribution in [2.24, 2.45) is 0 Å². The standard InChI is InChI=1S/C23H31N3O2/c1-7-25(8-2)20-12-13-22(17(4)14-20)26(19(6)27)15-23(28)24-21-11-9-10-16(3)18(21)5/h9-14H,7-8,15H2,1-6H3,(H,24,28). The lowest BCUT2D eigenvalue weighted by Gasteiger charge is -2.26. The van der Waals surface area contributed by atoms with Crippen molar-refractivity contribution in [1.29, 1.82) is 0 Å². The lowest BCUT2D eigenvalue weighted by atomic mass is 10.1. The molecule has 0 heterocycles. The average molecular weight is 382 g/mol. The third-order valence-corrected chi connectivity index (χ3v) is 5.16. The smallest absolute Gasteiger partial charge is 0.244 e. The van der Waals surface area contributed by atoms with E-state index in [0.29, 0.717) is 0 Å². The van der Waals surface area contributed by atoms with Gasteiger partial charge in [-0.25, -0.2) is 0 Å². The van der Waals surface area contributed by atoms with Crippen LogP contribution in [-0.4, -0.2) is 31.4 Å². The van der Waals surface area contributed by atoms with Crippen LogP contribution in [0.3, 0.4) is 0 Å². The number of benzene rings is 2. The van der Waals surface area contributed by atoms with Crippen LogP contribution < -0.4 is 15.1 Å². The normalized spacial score (nSPS) is 10.5. The van der Waals surface area contributed by atoms with E-state index in [4.69, 9.17) is 0 Å². The molecule has 2 amide bonds. The van der Waals surface area contributed by atoms with Crippen LogP contribution in [0.5, 0.6) is 0 Å².